The summed E-state index contributed by atoms with van der Waals surface area (Å²) in [6.45, 7) is 4.91. The minimum Gasteiger partial charge on any atom is -0.449 e. The second-order valence-electron chi connectivity index (χ2n) is 13.4. The third-order valence-corrected chi connectivity index (χ3v) is 11.9. The maximum absolute atomic E-state index is 12.3. The second kappa shape index (κ2) is 19.6. The number of nitrogens with zero attached hydrogens (tertiary/aromatic N) is 2. The van der Waals surface area contributed by atoms with Gasteiger partial charge in [-0.1, -0.05) is 54.6 Å². The summed E-state index contributed by atoms with van der Waals surface area (Å²) in [7, 11) is 0. The summed E-state index contributed by atoms with van der Waals surface area (Å²) in [6, 6.07) is 27.5. The fourth-order valence-corrected chi connectivity index (χ4v) is 8.80. The van der Waals surface area contributed by atoms with Gasteiger partial charge in [0, 0.05) is 38.4 Å². The Hall–Kier alpha value is -4.92. The summed E-state index contributed by atoms with van der Waals surface area (Å²) in [5, 5.41) is 22.4. The van der Waals surface area contributed by atoms with E-state index in [4.69, 9.17) is 19.4 Å². The van der Waals surface area contributed by atoms with Gasteiger partial charge in [-0.05, 0) is 99.4 Å². The smallest absolute Gasteiger partial charge is 0.411 e. The van der Waals surface area contributed by atoms with Crippen LogP contribution in [0.3, 0.4) is 0 Å². The number of carbonyl (C=O) groups excluding carboxylic acids is 2. The lowest BCUT2D eigenvalue weighted by atomic mass is 9.99. The quantitative estimate of drug-likeness (QED) is 0.108. The van der Waals surface area contributed by atoms with Gasteiger partial charge in [-0.3, -0.25) is 10.6 Å². The maximum atomic E-state index is 12.3. The summed E-state index contributed by atoms with van der Waals surface area (Å²) in [4.78, 5) is 34.1. The molecule has 2 aliphatic rings. The lowest BCUT2D eigenvalue weighted by Crippen LogP contribution is -2.31. The van der Waals surface area contributed by atoms with Gasteiger partial charge < -0.3 is 20.1 Å². The topological polar surface area (TPSA) is 126 Å². The maximum Gasteiger partial charge on any atom is 0.411 e. The Labute approximate surface area is 333 Å². The highest BCUT2D eigenvalue weighted by Crippen LogP contribution is 2.35. The first-order chi connectivity index (χ1) is 27.1. The molecule has 0 saturated carbocycles. The molecule has 3 aromatic heterocycles. The van der Waals surface area contributed by atoms with Crippen molar-refractivity contribution < 1.29 is 19.1 Å². The Morgan fingerprint density at radius 2 is 1.07 bits per heavy atom. The van der Waals surface area contributed by atoms with E-state index in [1.165, 1.54) is 0 Å². The van der Waals surface area contributed by atoms with Gasteiger partial charge in [0.15, 0.2) is 0 Å². The molecule has 8 rings (SSSR count). The monoisotopic (exact) mass is 792 g/mol. The van der Waals surface area contributed by atoms with Crippen LogP contribution >= 0.6 is 34.0 Å². The minimum absolute atomic E-state index is 0.407. The summed E-state index contributed by atoms with van der Waals surface area (Å²) in [5.41, 5.74) is 7.33. The number of benzene rings is 3. The van der Waals surface area contributed by atoms with Gasteiger partial charge in [-0.25, -0.2) is 19.6 Å². The first-order valence-electron chi connectivity index (χ1n) is 18.6. The van der Waals surface area contributed by atoms with Gasteiger partial charge >= 0.3 is 12.2 Å². The zero-order chi connectivity index (χ0) is 37.7. The highest BCUT2D eigenvalue weighted by molar-refractivity contribution is 7.14. The number of carbonyl (C=O) groups is 2. The molecule has 0 spiro atoms. The van der Waals surface area contributed by atoms with E-state index in [0.29, 0.717) is 30.7 Å². The third kappa shape index (κ3) is 10.9. The Bertz CT molecular complexity index is 2110. The van der Waals surface area contributed by atoms with E-state index >= 15 is 0 Å². The van der Waals surface area contributed by atoms with Crippen molar-refractivity contribution in [2.45, 2.75) is 25.7 Å². The Kier molecular flexibility index (Phi) is 13.7. The van der Waals surface area contributed by atoms with Crippen LogP contribution in [0.4, 0.5) is 21.0 Å². The van der Waals surface area contributed by atoms with Gasteiger partial charge in [-0.15, -0.1) is 22.7 Å². The number of anilines is 2. The zero-order valence-electron chi connectivity index (χ0n) is 30.4. The van der Waals surface area contributed by atoms with Crippen LogP contribution in [0.1, 0.15) is 25.7 Å². The van der Waals surface area contributed by atoms with Crippen molar-refractivity contribution in [2.75, 3.05) is 50.0 Å². The molecule has 5 heterocycles. The average Bonchev–Trinajstić information content (AvgIpc) is 4.05. The molecule has 55 heavy (non-hydrogen) atoms. The van der Waals surface area contributed by atoms with Crippen molar-refractivity contribution >= 4 is 57.6 Å². The molecule has 0 unspecified atom stereocenters. The van der Waals surface area contributed by atoms with E-state index in [1.807, 2.05) is 95.0 Å². The van der Waals surface area contributed by atoms with E-state index in [-0.39, 0.29) is 0 Å². The molecule has 2 aliphatic heterocycles. The number of nitrogens with one attached hydrogen (secondary N) is 4. The molecule has 2 saturated heterocycles. The van der Waals surface area contributed by atoms with Crippen LogP contribution in [0, 0.1) is 11.8 Å². The largest absolute Gasteiger partial charge is 0.449 e. The molecule has 6 aromatic rings. The van der Waals surface area contributed by atoms with Crippen molar-refractivity contribution in [1.29, 1.82) is 0 Å². The summed E-state index contributed by atoms with van der Waals surface area (Å²) in [6.07, 6.45) is 3.38. The first kappa shape index (κ1) is 38.4. The van der Waals surface area contributed by atoms with Crippen molar-refractivity contribution in [3.63, 3.8) is 0 Å². The summed E-state index contributed by atoms with van der Waals surface area (Å²) >= 11 is 4.79. The molecule has 4 N–H and O–H groups in total. The average molecular weight is 793 g/mol. The molecule has 284 valence electrons. The Balaban J connectivity index is 0.000000169. The Morgan fingerprint density at radius 3 is 1.56 bits per heavy atom. The highest BCUT2D eigenvalue weighted by Gasteiger charge is 2.19. The lowest BCUT2D eigenvalue weighted by molar-refractivity contribution is 0.130. The number of aromatic nitrogens is 2. The molecule has 0 atom stereocenters. The molecule has 2 fully saturated rings. The number of piperidine rings is 2. The van der Waals surface area contributed by atoms with Gasteiger partial charge in [0.2, 0.25) is 0 Å². The van der Waals surface area contributed by atoms with Gasteiger partial charge in [0.05, 0.1) is 36.0 Å². The lowest BCUT2D eigenvalue weighted by Gasteiger charge is -2.22. The van der Waals surface area contributed by atoms with E-state index < -0.39 is 12.2 Å². The van der Waals surface area contributed by atoms with Crippen LogP contribution in [-0.2, 0) is 9.47 Å². The van der Waals surface area contributed by atoms with Crippen LogP contribution in [0.15, 0.2) is 106 Å². The fourth-order valence-electron chi connectivity index (χ4n) is 6.41. The van der Waals surface area contributed by atoms with Crippen molar-refractivity contribution in [3.8, 4) is 43.7 Å². The van der Waals surface area contributed by atoms with Crippen molar-refractivity contribution in [2.24, 2.45) is 11.8 Å². The number of ether oxygens (including phenoxy) is 2. The van der Waals surface area contributed by atoms with Crippen molar-refractivity contribution in [3.05, 3.63) is 106 Å². The molecule has 3 aromatic carbocycles. The number of amides is 2. The van der Waals surface area contributed by atoms with E-state index in [0.717, 1.165) is 101 Å². The normalized spacial score (nSPS) is 14.7. The molecule has 0 radical (unpaired) electrons. The second-order valence-corrected chi connectivity index (χ2v) is 15.9. The molecule has 0 bridgehead atoms. The number of hydrogen-bond acceptors (Lipinski definition) is 11. The van der Waals surface area contributed by atoms with Crippen molar-refractivity contribution in [1.82, 2.24) is 20.6 Å². The molecule has 13 heteroatoms. The standard InChI is InChI=1S/C22H23N3O2S.C20H21N3O2S2/c26-22(27-14-16-10-12-23-13-11-16)25-19-9-5-4-8-18(19)21-24-20(15-28-21)17-6-2-1-3-7-17;24-20(25-11-14-5-8-21-9-6-14)23-17-4-2-1-3-16(17)19-22-18(13-27-19)15-7-10-26-12-15/h1-9,15-16,23H,10-14H2,(H,25,26);1-4,7,10,12-14,21H,5-6,8-9,11H2,(H,23,24). The highest BCUT2D eigenvalue weighted by atomic mass is 32.1. The zero-order valence-corrected chi connectivity index (χ0v) is 32.8. The van der Waals surface area contributed by atoms with Gasteiger partial charge in [-0.2, -0.15) is 11.3 Å². The number of hydrogen-bond donors (Lipinski definition) is 4. The SMILES string of the molecule is O=C(Nc1ccccc1-c1nc(-c2ccccc2)cs1)OCC1CCNCC1.O=C(Nc1ccccc1-c1nc(-c2ccsc2)cs1)OCC1CCNCC1. The van der Waals surface area contributed by atoms with Crippen LogP contribution in [0.25, 0.3) is 43.7 Å². The van der Waals surface area contributed by atoms with E-state index in [1.54, 1.807) is 34.0 Å². The van der Waals surface area contributed by atoms with Crippen LogP contribution in [0.2, 0.25) is 0 Å². The molecular formula is C42H44N6O4S3. The van der Waals surface area contributed by atoms with Crippen LogP contribution in [-0.4, -0.2) is 61.5 Å². The van der Waals surface area contributed by atoms with Gasteiger partial charge in [0.25, 0.3) is 0 Å². The molecule has 0 aliphatic carbocycles. The number of para-hydroxylation sites is 2. The fraction of sp³-hybridized carbons (Fsp3) is 0.286. The number of rotatable bonds is 10. The van der Waals surface area contributed by atoms with E-state index in [2.05, 4.69) is 32.7 Å². The summed E-state index contributed by atoms with van der Waals surface area (Å²) < 4.78 is 10.9. The Morgan fingerprint density at radius 1 is 0.600 bits per heavy atom. The predicted molar refractivity (Wildman–Crippen MR) is 225 cm³/mol. The van der Waals surface area contributed by atoms with E-state index in [9.17, 15) is 9.59 Å². The summed E-state index contributed by atoms with van der Waals surface area (Å²) in [5.74, 6) is 0.883. The molecule has 10 nitrogen and oxygen atoms in total. The molecule has 2 amide bonds. The predicted octanol–water partition coefficient (Wildman–Crippen LogP) is 10.1. The third-order valence-electron chi connectivity index (χ3n) is 9.50. The van der Waals surface area contributed by atoms with Crippen LogP contribution < -0.4 is 21.3 Å². The first-order valence-corrected chi connectivity index (χ1v) is 21.3. The van der Waals surface area contributed by atoms with Crippen LogP contribution in [0.5, 0.6) is 0 Å². The molecular weight excluding hydrogens is 749 g/mol. The number of thiophene rings is 1. The van der Waals surface area contributed by atoms with Gasteiger partial charge in [0.1, 0.15) is 10.0 Å². The number of thiazole rings is 2. The minimum atomic E-state index is -0.411.